The fourth-order valence-corrected chi connectivity index (χ4v) is 3.79. The molecule has 30 heavy (non-hydrogen) atoms. The summed E-state index contributed by atoms with van der Waals surface area (Å²) in [6.07, 6.45) is 1.18. The maximum absolute atomic E-state index is 12.1. The highest BCUT2D eigenvalue weighted by molar-refractivity contribution is 14.0. The quantitative estimate of drug-likeness (QED) is 0.213. The molecule has 8 nitrogen and oxygen atoms in total. The minimum absolute atomic E-state index is 0. The lowest BCUT2D eigenvalue weighted by Gasteiger charge is -2.29. The molecule has 1 aromatic carbocycles. The molecule has 168 valence electrons. The van der Waals surface area contributed by atoms with Crippen LogP contribution in [0.15, 0.2) is 29.3 Å². The van der Waals surface area contributed by atoms with Crippen molar-refractivity contribution in [3.05, 3.63) is 29.8 Å². The zero-order valence-corrected chi connectivity index (χ0v) is 20.0. The first-order chi connectivity index (χ1) is 14.2. The van der Waals surface area contributed by atoms with Crippen LogP contribution in [-0.4, -0.2) is 92.3 Å². The van der Waals surface area contributed by atoms with Gasteiger partial charge in [0.15, 0.2) is 5.96 Å². The van der Waals surface area contributed by atoms with Crippen molar-refractivity contribution in [2.75, 3.05) is 65.6 Å². The van der Waals surface area contributed by atoms with Gasteiger partial charge in [-0.3, -0.25) is 14.7 Å². The fourth-order valence-electron chi connectivity index (χ4n) is 3.79. The molecule has 2 saturated heterocycles. The van der Waals surface area contributed by atoms with Gasteiger partial charge in [-0.25, -0.2) is 0 Å². The van der Waals surface area contributed by atoms with Crippen LogP contribution < -0.4 is 10.6 Å². The van der Waals surface area contributed by atoms with Crippen molar-refractivity contribution in [2.45, 2.75) is 13.3 Å². The molecule has 0 saturated carbocycles. The van der Waals surface area contributed by atoms with E-state index in [1.165, 1.54) is 18.6 Å². The number of aromatic hydroxyl groups is 1. The number of carbonyl (C=O) groups is 1. The number of amides is 1. The Hall–Kier alpha value is -1.59. The zero-order chi connectivity index (χ0) is 20.5. The van der Waals surface area contributed by atoms with Gasteiger partial charge < -0.3 is 25.4 Å². The third-order valence-electron chi connectivity index (χ3n) is 5.33. The van der Waals surface area contributed by atoms with Crippen molar-refractivity contribution < 1.29 is 14.6 Å². The second-order valence-corrected chi connectivity index (χ2v) is 7.55. The Morgan fingerprint density at radius 1 is 1.20 bits per heavy atom. The molecule has 1 unspecified atom stereocenters. The first-order valence-electron chi connectivity index (χ1n) is 10.6. The molecule has 0 aliphatic carbocycles. The number of hydrogen-bond acceptors (Lipinski definition) is 5. The van der Waals surface area contributed by atoms with Crippen LogP contribution in [0.3, 0.4) is 0 Å². The third kappa shape index (κ3) is 7.59. The average molecular weight is 531 g/mol. The smallest absolute Gasteiger partial charge is 0.251 e. The van der Waals surface area contributed by atoms with Gasteiger partial charge >= 0.3 is 0 Å². The predicted molar refractivity (Wildman–Crippen MR) is 129 cm³/mol. The molecule has 0 aromatic heterocycles. The maximum Gasteiger partial charge on any atom is 0.251 e. The molecule has 1 amide bonds. The van der Waals surface area contributed by atoms with E-state index in [1.54, 1.807) is 12.1 Å². The summed E-state index contributed by atoms with van der Waals surface area (Å²) in [5.41, 5.74) is 0.532. The van der Waals surface area contributed by atoms with E-state index in [2.05, 4.69) is 27.4 Å². The number of phenolic OH excluding ortho intramolecular Hbond substituents is 1. The van der Waals surface area contributed by atoms with E-state index in [4.69, 9.17) is 9.73 Å². The van der Waals surface area contributed by atoms with Crippen LogP contribution in [0.25, 0.3) is 0 Å². The minimum Gasteiger partial charge on any atom is -0.508 e. The Bertz CT molecular complexity index is 680. The molecule has 2 aliphatic rings. The molecule has 9 heteroatoms. The molecule has 0 bridgehead atoms. The molecule has 0 spiro atoms. The number of nitrogens with one attached hydrogen (secondary N) is 2. The SMILES string of the molecule is CCNC(=NCCNC(=O)c1ccc(O)cc1)N1CCC(CN2CCOCC2)C1.I. The van der Waals surface area contributed by atoms with Gasteiger partial charge in [0.2, 0.25) is 0 Å². The minimum atomic E-state index is -0.156. The van der Waals surface area contributed by atoms with Crippen LogP contribution in [-0.2, 0) is 4.74 Å². The number of carbonyl (C=O) groups excluding carboxylic acids is 1. The normalized spacial score (nSPS) is 20.0. The van der Waals surface area contributed by atoms with E-state index in [-0.39, 0.29) is 35.6 Å². The van der Waals surface area contributed by atoms with Crippen LogP contribution in [0.4, 0.5) is 0 Å². The van der Waals surface area contributed by atoms with Crippen molar-refractivity contribution >= 4 is 35.8 Å². The molecule has 2 heterocycles. The molecule has 1 atom stereocenters. The lowest BCUT2D eigenvalue weighted by molar-refractivity contribution is 0.0315. The lowest BCUT2D eigenvalue weighted by atomic mass is 10.1. The molecule has 1 aromatic rings. The van der Waals surface area contributed by atoms with Crippen molar-refractivity contribution in [2.24, 2.45) is 10.9 Å². The van der Waals surface area contributed by atoms with Gasteiger partial charge in [-0.1, -0.05) is 0 Å². The van der Waals surface area contributed by atoms with Crippen molar-refractivity contribution in [1.82, 2.24) is 20.4 Å². The van der Waals surface area contributed by atoms with E-state index in [9.17, 15) is 9.90 Å². The first-order valence-corrected chi connectivity index (χ1v) is 10.6. The summed E-state index contributed by atoms with van der Waals surface area (Å²) < 4.78 is 5.44. The summed E-state index contributed by atoms with van der Waals surface area (Å²) in [4.78, 5) is 21.7. The number of halogens is 1. The summed E-state index contributed by atoms with van der Waals surface area (Å²) in [5.74, 6) is 1.58. The van der Waals surface area contributed by atoms with Gasteiger partial charge in [0.25, 0.3) is 5.91 Å². The third-order valence-corrected chi connectivity index (χ3v) is 5.33. The standard InChI is InChI=1S/C21H33N5O3.HI/c1-2-22-21(24-9-8-23-20(28)18-3-5-19(27)6-4-18)26-10-7-17(16-26)15-25-11-13-29-14-12-25;/h3-6,17,27H,2,7-16H2,1H3,(H,22,24)(H,23,28);1H. The van der Waals surface area contributed by atoms with Crippen molar-refractivity contribution in [3.8, 4) is 5.75 Å². The van der Waals surface area contributed by atoms with E-state index in [0.717, 1.165) is 58.4 Å². The molecule has 2 aliphatic heterocycles. The van der Waals surface area contributed by atoms with E-state index < -0.39 is 0 Å². The number of hydrogen-bond donors (Lipinski definition) is 3. The highest BCUT2D eigenvalue weighted by atomic mass is 127. The van der Waals surface area contributed by atoms with Gasteiger partial charge in [0, 0.05) is 51.4 Å². The highest BCUT2D eigenvalue weighted by Crippen LogP contribution is 2.18. The number of benzene rings is 1. The van der Waals surface area contributed by atoms with Gasteiger partial charge in [0.1, 0.15) is 5.75 Å². The second kappa shape index (κ2) is 13.0. The van der Waals surface area contributed by atoms with Crippen LogP contribution in [0.1, 0.15) is 23.7 Å². The van der Waals surface area contributed by atoms with Gasteiger partial charge in [-0.05, 0) is 43.5 Å². The second-order valence-electron chi connectivity index (χ2n) is 7.55. The zero-order valence-electron chi connectivity index (χ0n) is 17.7. The van der Waals surface area contributed by atoms with Crippen molar-refractivity contribution in [1.29, 1.82) is 0 Å². The number of rotatable bonds is 7. The molecule has 0 radical (unpaired) electrons. The highest BCUT2D eigenvalue weighted by Gasteiger charge is 2.27. The molecule has 3 rings (SSSR count). The summed E-state index contributed by atoms with van der Waals surface area (Å²) in [6, 6.07) is 6.24. The van der Waals surface area contributed by atoms with E-state index in [1.807, 2.05) is 0 Å². The lowest BCUT2D eigenvalue weighted by Crippen LogP contribution is -2.42. The number of phenols is 1. The number of morpholine rings is 1. The molecule has 2 fully saturated rings. The molecule has 3 N–H and O–H groups in total. The summed E-state index contributed by atoms with van der Waals surface area (Å²) in [5, 5.41) is 15.6. The van der Waals surface area contributed by atoms with Crippen molar-refractivity contribution in [3.63, 3.8) is 0 Å². The average Bonchev–Trinajstić information content (AvgIpc) is 3.19. The monoisotopic (exact) mass is 531 g/mol. The van der Waals surface area contributed by atoms with E-state index in [0.29, 0.717) is 24.6 Å². The molecular weight excluding hydrogens is 497 g/mol. The number of likely N-dealkylation sites (tertiary alicyclic amines) is 1. The van der Waals surface area contributed by atoms with Crippen LogP contribution in [0.2, 0.25) is 0 Å². The topological polar surface area (TPSA) is 89.4 Å². The van der Waals surface area contributed by atoms with Crippen LogP contribution >= 0.6 is 24.0 Å². The number of guanidine groups is 1. The Morgan fingerprint density at radius 2 is 1.93 bits per heavy atom. The Kier molecular flexibility index (Phi) is 10.7. The van der Waals surface area contributed by atoms with Gasteiger partial charge in [0.05, 0.1) is 19.8 Å². The van der Waals surface area contributed by atoms with E-state index >= 15 is 0 Å². The van der Waals surface area contributed by atoms with Gasteiger partial charge in [-0.15, -0.1) is 24.0 Å². The molecular formula is C21H34IN5O3. The Morgan fingerprint density at radius 3 is 2.63 bits per heavy atom. The Balaban J connectivity index is 0.00000320. The Labute approximate surface area is 196 Å². The van der Waals surface area contributed by atoms with Crippen LogP contribution in [0, 0.1) is 5.92 Å². The first kappa shape index (κ1) is 24.7. The fraction of sp³-hybridized carbons (Fsp3) is 0.619. The summed E-state index contributed by atoms with van der Waals surface area (Å²) in [7, 11) is 0. The number of ether oxygens (including phenoxy) is 1. The maximum atomic E-state index is 12.1. The van der Waals surface area contributed by atoms with Crippen LogP contribution in [0.5, 0.6) is 5.75 Å². The summed E-state index contributed by atoms with van der Waals surface area (Å²) in [6.45, 7) is 10.8. The van der Waals surface area contributed by atoms with Gasteiger partial charge in [-0.2, -0.15) is 0 Å². The number of nitrogens with zero attached hydrogens (tertiary/aromatic N) is 3. The number of aliphatic imine (C=N–C) groups is 1. The largest absolute Gasteiger partial charge is 0.508 e. The predicted octanol–water partition coefficient (Wildman–Crippen LogP) is 1.36. The summed E-state index contributed by atoms with van der Waals surface area (Å²) >= 11 is 0.